The van der Waals surface area contributed by atoms with Crippen molar-refractivity contribution in [3.8, 4) is 0 Å². The van der Waals surface area contributed by atoms with Gasteiger partial charge in [0.05, 0.1) is 5.56 Å². The number of nitrogens with zero attached hydrogens (tertiary/aromatic N) is 2. The molecule has 0 aliphatic carbocycles. The van der Waals surface area contributed by atoms with Crippen molar-refractivity contribution in [2.75, 3.05) is 5.43 Å². The van der Waals surface area contributed by atoms with E-state index in [2.05, 4.69) is 10.4 Å². The Hall–Kier alpha value is -1.98. The number of anilines is 1. The van der Waals surface area contributed by atoms with Gasteiger partial charge in [0.25, 0.3) is 0 Å². The van der Waals surface area contributed by atoms with Crippen molar-refractivity contribution in [3.05, 3.63) is 47.4 Å². The molecule has 0 bridgehead atoms. The second-order valence-electron chi connectivity index (χ2n) is 3.99. The van der Waals surface area contributed by atoms with Crippen LogP contribution in [0.1, 0.15) is 17.0 Å². The maximum Gasteiger partial charge on any atom is 0.416 e. The molecule has 0 aliphatic rings. The van der Waals surface area contributed by atoms with Crippen LogP contribution < -0.4 is 5.43 Å². The topological polar surface area (TPSA) is 29.9 Å². The minimum Gasteiger partial charge on any atom is -0.278 e. The summed E-state index contributed by atoms with van der Waals surface area (Å²) < 4.78 is 39.3. The van der Waals surface area contributed by atoms with Gasteiger partial charge in [0.15, 0.2) is 0 Å². The molecule has 0 aliphatic heterocycles. The summed E-state index contributed by atoms with van der Waals surface area (Å²) in [5.41, 5.74) is 3.91. The third-order valence-electron chi connectivity index (χ3n) is 2.58. The predicted molar refractivity (Wildman–Crippen MR) is 62.2 cm³/mol. The van der Waals surface area contributed by atoms with Crippen molar-refractivity contribution >= 4 is 5.82 Å². The molecule has 0 atom stereocenters. The van der Waals surface area contributed by atoms with Gasteiger partial charge in [0.1, 0.15) is 5.82 Å². The summed E-state index contributed by atoms with van der Waals surface area (Å²) in [5, 5.41) is 0. The van der Waals surface area contributed by atoms with Gasteiger partial charge >= 0.3 is 6.18 Å². The zero-order valence-corrected chi connectivity index (χ0v) is 9.92. The third-order valence-corrected chi connectivity index (χ3v) is 2.58. The summed E-state index contributed by atoms with van der Waals surface area (Å²) in [6.07, 6.45) is -3.22. The van der Waals surface area contributed by atoms with Gasteiger partial charge in [0.2, 0.25) is 0 Å². The summed E-state index contributed by atoms with van der Waals surface area (Å²) >= 11 is 0. The van der Waals surface area contributed by atoms with Crippen LogP contribution in [0.4, 0.5) is 19.0 Å². The quantitative estimate of drug-likeness (QED) is 0.891. The molecule has 18 heavy (non-hydrogen) atoms. The van der Waals surface area contributed by atoms with Crippen molar-refractivity contribution in [2.45, 2.75) is 20.0 Å². The molecule has 0 fully saturated rings. The average Bonchev–Trinajstić information content (AvgIpc) is 2.60. The number of aryl methyl sites for hydroxylation is 2. The normalized spacial score (nSPS) is 11.6. The van der Waals surface area contributed by atoms with Crippen LogP contribution in [0.5, 0.6) is 0 Å². The van der Waals surface area contributed by atoms with Crippen LogP contribution in [0.25, 0.3) is 0 Å². The number of halogens is 3. The molecule has 2 rings (SSSR count). The Morgan fingerprint density at radius 1 is 1.11 bits per heavy atom. The standard InChI is InChI=1S/C12H12F3N3/c1-8-3-4-9(2)18(8)17-11-7-10(5-6-16-11)12(13,14)15/h3-7H,1-2H3,(H,16,17). The third kappa shape index (κ3) is 2.47. The van der Waals surface area contributed by atoms with Crippen LogP contribution >= 0.6 is 0 Å². The molecule has 0 radical (unpaired) electrons. The van der Waals surface area contributed by atoms with Crippen molar-refractivity contribution in [1.29, 1.82) is 0 Å². The maximum absolute atomic E-state index is 12.5. The lowest BCUT2D eigenvalue weighted by molar-refractivity contribution is -0.137. The summed E-state index contributed by atoms with van der Waals surface area (Å²) in [5.74, 6) is 0.159. The lowest BCUT2D eigenvalue weighted by Gasteiger charge is -2.13. The van der Waals surface area contributed by atoms with Crippen LogP contribution in [-0.2, 0) is 6.18 Å². The highest BCUT2D eigenvalue weighted by Crippen LogP contribution is 2.29. The first-order chi connectivity index (χ1) is 8.38. The molecule has 1 N–H and O–H groups in total. The minimum atomic E-state index is -4.36. The molecule has 6 heteroatoms. The number of pyridine rings is 1. The lowest BCUT2D eigenvalue weighted by atomic mass is 10.2. The fourth-order valence-electron chi connectivity index (χ4n) is 1.63. The molecule has 0 spiro atoms. The Morgan fingerprint density at radius 3 is 2.28 bits per heavy atom. The zero-order valence-electron chi connectivity index (χ0n) is 9.92. The van der Waals surface area contributed by atoms with Gasteiger partial charge in [-0.2, -0.15) is 13.2 Å². The molecule has 2 aromatic rings. The van der Waals surface area contributed by atoms with Crippen molar-refractivity contribution in [1.82, 2.24) is 9.66 Å². The molecule has 0 saturated heterocycles. The summed E-state index contributed by atoms with van der Waals surface area (Å²) in [6.45, 7) is 3.71. The summed E-state index contributed by atoms with van der Waals surface area (Å²) in [4.78, 5) is 3.88. The highest BCUT2D eigenvalue weighted by molar-refractivity contribution is 5.39. The monoisotopic (exact) mass is 255 g/mol. The van der Waals surface area contributed by atoms with E-state index in [0.717, 1.165) is 29.7 Å². The van der Waals surface area contributed by atoms with Gasteiger partial charge in [-0.25, -0.2) is 4.98 Å². The number of alkyl halides is 3. The number of hydrogen-bond acceptors (Lipinski definition) is 2. The van der Waals surface area contributed by atoms with Gasteiger partial charge in [-0.05, 0) is 38.1 Å². The number of aromatic nitrogens is 2. The van der Waals surface area contributed by atoms with Crippen LogP contribution in [0.3, 0.4) is 0 Å². The molecule has 0 aromatic carbocycles. The van der Waals surface area contributed by atoms with Crippen LogP contribution in [0.15, 0.2) is 30.5 Å². The second kappa shape index (κ2) is 4.36. The van der Waals surface area contributed by atoms with Crippen LogP contribution in [-0.4, -0.2) is 9.66 Å². The van der Waals surface area contributed by atoms with E-state index in [1.54, 1.807) is 4.68 Å². The van der Waals surface area contributed by atoms with E-state index in [4.69, 9.17) is 0 Å². The Bertz CT molecular complexity index is 538. The smallest absolute Gasteiger partial charge is 0.278 e. The molecule has 2 heterocycles. The van der Waals surface area contributed by atoms with Crippen molar-refractivity contribution in [3.63, 3.8) is 0 Å². The zero-order chi connectivity index (χ0) is 13.3. The molecule has 0 unspecified atom stereocenters. The number of hydrogen-bond donors (Lipinski definition) is 1. The van der Waals surface area contributed by atoms with E-state index in [0.29, 0.717) is 0 Å². The largest absolute Gasteiger partial charge is 0.416 e. The number of rotatable bonds is 2. The minimum absolute atomic E-state index is 0.159. The Morgan fingerprint density at radius 2 is 1.72 bits per heavy atom. The van der Waals surface area contributed by atoms with Gasteiger partial charge in [-0.3, -0.25) is 10.1 Å². The van der Waals surface area contributed by atoms with Gasteiger partial charge in [0, 0.05) is 17.6 Å². The molecule has 2 aromatic heterocycles. The SMILES string of the molecule is Cc1ccc(C)n1Nc1cc(C(F)(F)F)ccn1. The molecular formula is C12H12F3N3. The van der Waals surface area contributed by atoms with Gasteiger partial charge < -0.3 is 0 Å². The first-order valence-corrected chi connectivity index (χ1v) is 5.33. The fraction of sp³-hybridized carbons (Fsp3) is 0.250. The predicted octanol–water partition coefficient (Wildman–Crippen LogP) is 3.39. The van der Waals surface area contributed by atoms with E-state index in [-0.39, 0.29) is 5.82 Å². The Kier molecular flexibility index (Phi) is 3.02. The van der Waals surface area contributed by atoms with Gasteiger partial charge in [-0.15, -0.1) is 0 Å². The molecule has 0 amide bonds. The van der Waals surface area contributed by atoms with Crippen LogP contribution in [0.2, 0.25) is 0 Å². The Labute approximate surface area is 102 Å². The molecular weight excluding hydrogens is 243 g/mol. The summed E-state index contributed by atoms with van der Waals surface area (Å²) in [6, 6.07) is 5.67. The highest BCUT2D eigenvalue weighted by atomic mass is 19.4. The number of nitrogens with one attached hydrogen (secondary N) is 1. The van der Waals surface area contributed by atoms with Crippen molar-refractivity contribution < 1.29 is 13.2 Å². The highest BCUT2D eigenvalue weighted by Gasteiger charge is 2.30. The van der Waals surface area contributed by atoms with E-state index in [1.807, 2.05) is 26.0 Å². The molecule has 3 nitrogen and oxygen atoms in total. The first-order valence-electron chi connectivity index (χ1n) is 5.33. The van der Waals surface area contributed by atoms with E-state index in [1.165, 1.54) is 0 Å². The average molecular weight is 255 g/mol. The fourth-order valence-corrected chi connectivity index (χ4v) is 1.63. The first kappa shape index (κ1) is 12.5. The lowest BCUT2D eigenvalue weighted by Crippen LogP contribution is -2.14. The van der Waals surface area contributed by atoms with E-state index < -0.39 is 11.7 Å². The van der Waals surface area contributed by atoms with Gasteiger partial charge in [-0.1, -0.05) is 0 Å². The van der Waals surface area contributed by atoms with E-state index in [9.17, 15) is 13.2 Å². The van der Waals surface area contributed by atoms with Crippen molar-refractivity contribution in [2.24, 2.45) is 0 Å². The second-order valence-corrected chi connectivity index (χ2v) is 3.99. The Balaban J connectivity index is 2.31. The molecule has 0 saturated carbocycles. The maximum atomic E-state index is 12.5. The van der Waals surface area contributed by atoms with E-state index >= 15 is 0 Å². The summed E-state index contributed by atoms with van der Waals surface area (Å²) in [7, 11) is 0. The molecule has 96 valence electrons. The van der Waals surface area contributed by atoms with Crippen LogP contribution in [0, 0.1) is 13.8 Å².